The van der Waals surface area contributed by atoms with Crippen molar-refractivity contribution < 1.29 is 0 Å². The monoisotopic (exact) mass is 293 g/mol. The Balaban J connectivity index is 0.00000121. The first-order valence-corrected chi connectivity index (χ1v) is 7.04. The minimum atomic E-state index is 0. The largest absolute Gasteiger partial charge is 0.356 e. The second kappa shape index (κ2) is 5.22. The number of rotatable bonds is 2. The molecule has 3 heterocycles. The van der Waals surface area contributed by atoms with Crippen molar-refractivity contribution >= 4 is 29.3 Å². The van der Waals surface area contributed by atoms with Gasteiger partial charge in [-0.3, -0.25) is 0 Å². The zero-order valence-electron chi connectivity index (χ0n) is 11.5. The van der Waals surface area contributed by atoms with Crippen LogP contribution in [0.25, 0.3) is 11.0 Å². The summed E-state index contributed by atoms with van der Waals surface area (Å²) in [6.45, 7) is 2.39. The third kappa shape index (κ3) is 2.05. The molecular weight excluding hydrogens is 274 g/mol. The molecule has 6 heteroatoms. The first-order chi connectivity index (χ1) is 9.33. The van der Waals surface area contributed by atoms with Gasteiger partial charge in [-0.15, -0.1) is 12.4 Å². The summed E-state index contributed by atoms with van der Waals surface area (Å²) in [6.07, 6.45) is 6.15. The molecular formula is C14H20ClN5. The zero-order valence-corrected chi connectivity index (χ0v) is 12.4. The number of hydrogen-bond donors (Lipinski definition) is 2. The molecule has 0 amide bonds. The maximum atomic E-state index is 4.50. The van der Waals surface area contributed by atoms with Crippen LogP contribution >= 0.6 is 12.4 Å². The lowest BCUT2D eigenvalue weighted by atomic mass is 10.0. The highest BCUT2D eigenvalue weighted by molar-refractivity contribution is 5.87. The number of nitrogens with one attached hydrogen (secondary N) is 2. The van der Waals surface area contributed by atoms with Crippen molar-refractivity contribution in [3.63, 3.8) is 0 Å². The Morgan fingerprint density at radius 2 is 1.95 bits per heavy atom. The Kier molecular flexibility index (Phi) is 3.56. The van der Waals surface area contributed by atoms with Crippen LogP contribution in [0.4, 0.5) is 5.82 Å². The van der Waals surface area contributed by atoms with Crippen LogP contribution in [0.1, 0.15) is 12.8 Å². The van der Waals surface area contributed by atoms with Crippen LogP contribution in [-0.4, -0.2) is 41.1 Å². The van der Waals surface area contributed by atoms with E-state index in [1.54, 1.807) is 6.33 Å². The molecule has 108 valence electrons. The van der Waals surface area contributed by atoms with Crippen LogP contribution in [-0.2, 0) is 0 Å². The summed E-state index contributed by atoms with van der Waals surface area (Å²) in [5.74, 6) is 2.77. The number of halogens is 1. The molecule has 3 atom stereocenters. The smallest absolute Gasteiger partial charge is 0.142 e. The van der Waals surface area contributed by atoms with E-state index in [-0.39, 0.29) is 12.4 Å². The minimum Gasteiger partial charge on any atom is -0.356 e. The number of aromatic amines is 1. The number of aromatic nitrogens is 3. The highest BCUT2D eigenvalue weighted by Gasteiger charge is 2.39. The van der Waals surface area contributed by atoms with Gasteiger partial charge in [0, 0.05) is 19.3 Å². The summed E-state index contributed by atoms with van der Waals surface area (Å²) in [5.41, 5.74) is 0.928. The van der Waals surface area contributed by atoms with Crippen molar-refractivity contribution in [1.29, 1.82) is 0 Å². The Hall–Kier alpha value is -1.33. The van der Waals surface area contributed by atoms with E-state index in [1.165, 1.54) is 25.9 Å². The normalized spacial score (nSPS) is 28.4. The molecule has 0 unspecified atom stereocenters. The fourth-order valence-corrected chi connectivity index (χ4v) is 3.76. The fourth-order valence-electron chi connectivity index (χ4n) is 3.76. The Morgan fingerprint density at radius 3 is 2.70 bits per heavy atom. The SMILES string of the molecule is CN(c1ncnc2[nH]ccc12)[C@H]1C[C@H]2CNC[C@H]2C1.Cl. The molecule has 2 aromatic heterocycles. The van der Waals surface area contributed by atoms with Crippen molar-refractivity contribution in [2.45, 2.75) is 18.9 Å². The highest BCUT2D eigenvalue weighted by atomic mass is 35.5. The minimum absolute atomic E-state index is 0. The molecule has 0 spiro atoms. The van der Waals surface area contributed by atoms with Crippen molar-refractivity contribution in [2.75, 3.05) is 25.0 Å². The summed E-state index contributed by atoms with van der Waals surface area (Å²) in [7, 11) is 2.17. The lowest BCUT2D eigenvalue weighted by Gasteiger charge is -2.26. The van der Waals surface area contributed by atoms with Crippen LogP contribution in [0, 0.1) is 11.8 Å². The molecule has 1 aliphatic carbocycles. The molecule has 0 radical (unpaired) electrons. The van der Waals surface area contributed by atoms with E-state index in [2.05, 4.69) is 38.3 Å². The maximum Gasteiger partial charge on any atom is 0.142 e. The summed E-state index contributed by atoms with van der Waals surface area (Å²) in [5, 5.41) is 4.63. The molecule has 2 fully saturated rings. The fraction of sp³-hybridized carbons (Fsp3) is 0.571. The average molecular weight is 294 g/mol. The first kappa shape index (κ1) is 13.6. The van der Waals surface area contributed by atoms with Gasteiger partial charge in [0.1, 0.15) is 17.8 Å². The molecule has 2 N–H and O–H groups in total. The van der Waals surface area contributed by atoms with Crippen molar-refractivity contribution in [1.82, 2.24) is 20.3 Å². The van der Waals surface area contributed by atoms with Crippen molar-refractivity contribution in [3.8, 4) is 0 Å². The van der Waals surface area contributed by atoms with Crippen LogP contribution in [0.5, 0.6) is 0 Å². The third-order valence-corrected chi connectivity index (χ3v) is 4.84. The molecule has 1 aliphatic heterocycles. The lowest BCUT2D eigenvalue weighted by Crippen LogP contribution is -2.31. The molecule has 20 heavy (non-hydrogen) atoms. The topological polar surface area (TPSA) is 56.8 Å². The van der Waals surface area contributed by atoms with Gasteiger partial charge >= 0.3 is 0 Å². The molecule has 5 nitrogen and oxygen atoms in total. The number of nitrogens with zero attached hydrogens (tertiary/aromatic N) is 3. The average Bonchev–Trinajstić information content (AvgIpc) is 3.11. The van der Waals surface area contributed by atoms with E-state index in [0.717, 1.165) is 28.7 Å². The zero-order chi connectivity index (χ0) is 12.8. The van der Waals surface area contributed by atoms with E-state index in [9.17, 15) is 0 Å². The molecule has 0 aromatic carbocycles. The van der Waals surface area contributed by atoms with Gasteiger partial charge < -0.3 is 15.2 Å². The number of hydrogen-bond acceptors (Lipinski definition) is 4. The second-order valence-corrected chi connectivity index (χ2v) is 5.85. The molecule has 1 saturated carbocycles. The summed E-state index contributed by atoms with van der Waals surface area (Å²) in [4.78, 5) is 14.3. The van der Waals surface area contributed by atoms with Crippen LogP contribution < -0.4 is 10.2 Å². The van der Waals surface area contributed by atoms with Crippen LogP contribution in [0.2, 0.25) is 0 Å². The van der Waals surface area contributed by atoms with Crippen LogP contribution in [0.15, 0.2) is 18.6 Å². The molecule has 0 bridgehead atoms. The van der Waals surface area contributed by atoms with E-state index >= 15 is 0 Å². The third-order valence-electron chi connectivity index (χ3n) is 4.84. The summed E-state index contributed by atoms with van der Waals surface area (Å²) in [6, 6.07) is 2.68. The van der Waals surface area contributed by atoms with E-state index < -0.39 is 0 Å². The maximum absolute atomic E-state index is 4.50. The highest BCUT2D eigenvalue weighted by Crippen LogP contribution is 2.38. The van der Waals surface area contributed by atoms with Crippen molar-refractivity contribution in [3.05, 3.63) is 18.6 Å². The number of anilines is 1. The Labute approximate surface area is 124 Å². The van der Waals surface area contributed by atoms with E-state index in [1.807, 2.05) is 6.20 Å². The molecule has 1 saturated heterocycles. The molecule has 4 rings (SSSR count). The Morgan fingerprint density at radius 1 is 1.20 bits per heavy atom. The molecule has 2 aromatic rings. The molecule has 2 aliphatic rings. The lowest BCUT2D eigenvalue weighted by molar-refractivity contribution is 0.494. The summed E-state index contributed by atoms with van der Waals surface area (Å²) >= 11 is 0. The Bertz CT molecular complexity index is 586. The predicted octanol–water partition coefficient (Wildman–Crippen LogP) is 1.81. The van der Waals surface area contributed by atoms with Gasteiger partial charge in [0.2, 0.25) is 0 Å². The standard InChI is InChI=1S/C14H19N5.ClH/c1-19(11-4-9-6-15-7-10(9)5-11)14-12-2-3-16-13(12)17-8-18-14;/h2-3,8-11,15H,4-7H2,1H3,(H,16,17,18);1H/t9-,10+,11-;. The van der Waals surface area contributed by atoms with Gasteiger partial charge in [-0.1, -0.05) is 0 Å². The first-order valence-electron chi connectivity index (χ1n) is 7.04. The van der Waals surface area contributed by atoms with Gasteiger partial charge in [-0.05, 0) is 43.8 Å². The van der Waals surface area contributed by atoms with Gasteiger partial charge in [-0.2, -0.15) is 0 Å². The van der Waals surface area contributed by atoms with Gasteiger partial charge in [0.25, 0.3) is 0 Å². The van der Waals surface area contributed by atoms with E-state index in [0.29, 0.717) is 6.04 Å². The number of fused-ring (bicyclic) bond motifs is 2. The quantitative estimate of drug-likeness (QED) is 0.887. The summed E-state index contributed by atoms with van der Waals surface area (Å²) < 4.78 is 0. The van der Waals surface area contributed by atoms with Gasteiger partial charge in [0.05, 0.1) is 5.39 Å². The second-order valence-electron chi connectivity index (χ2n) is 5.85. The van der Waals surface area contributed by atoms with Crippen molar-refractivity contribution in [2.24, 2.45) is 11.8 Å². The van der Waals surface area contributed by atoms with Gasteiger partial charge in [0.15, 0.2) is 0 Å². The van der Waals surface area contributed by atoms with E-state index in [4.69, 9.17) is 0 Å². The number of H-pyrrole nitrogens is 1. The predicted molar refractivity (Wildman–Crippen MR) is 82.4 cm³/mol. The van der Waals surface area contributed by atoms with Gasteiger partial charge in [-0.25, -0.2) is 9.97 Å². The van der Waals surface area contributed by atoms with Crippen LogP contribution in [0.3, 0.4) is 0 Å².